The van der Waals surface area contributed by atoms with Gasteiger partial charge in [0.25, 0.3) is 0 Å². The van der Waals surface area contributed by atoms with Gasteiger partial charge in [0.1, 0.15) is 0 Å². The standard InChI is InChI=1S/C7H7NO3Se/c1-11-12-7-5-3-2-4-6(7)8(9)10/h2-5H,1H3. The van der Waals surface area contributed by atoms with Gasteiger partial charge in [0.05, 0.1) is 0 Å². The summed E-state index contributed by atoms with van der Waals surface area (Å²) in [6.07, 6.45) is 0. The van der Waals surface area contributed by atoms with E-state index in [0.717, 1.165) is 0 Å². The zero-order chi connectivity index (χ0) is 8.97. The average Bonchev–Trinajstić information content (AvgIpc) is 2.05. The fraction of sp³-hybridized carbons (Fsp3) is 0.143. The van der Waals surface area contributed by atoms with Crippen molar-refractivity contribution >= 4 is 25.4 Å². The fourth-order valence-corrected chi connectivity index (χ4v) is 1.90. The van der Waals surface area contributed by atoms with Gasteiger partial charge in [0.2, 0.25) is 0 Å². The summed E-state index contributed by atoms with van der Waals surface area (Å²) in [4.78, 5) is 10.1. The topological polar surface area (TPSA) is 52.4 Å². The molecule has 0 atom stereocenters. The molecule has 0 radical (unpaired) electrons. The monoisotopic (exact) mass is 233 g/mol. The maximum atomic E-state index is 10.5. The van der Waals surface area contributed by atoms with Crippen LogP contribution in [0, 0.1) is 10.1 Å². The normalized spacial score (nSPS) is 9.75. The van der Waals surface area contributed by atoms with Gasteiger partial charge in [-0.05, 0) is 0 Å². The van der Waals surface area contributed by atoms with Crippen LogP contribution in [0.25, 0.3) is 0 Å². The fourth-order valence-electron chi connectivity index (χ4n) is 0.768. The number of nitro groups is 1. The van der Waals surface area contributed by atoms with E-state index in [0.29, 0.717) is 4.46 Å². The molecule has 0 saturated carbocycles. The Balaban J connectivity index is 3.00. The third-order valence-electron chi connectivity index (χ3n) is 1.24. The first-order valence-electron chi connectivity index (χ1n) is 3.20. The van der Waals surface area contributed by atoms with Crippen LogP contribution in [0.3, 0.4) is 0 Å². The molecule has 0 heterocycles. The van der Waals surface area contributed by atoms with Gasteiger partial charge in [0, 0.05) is 0 Å². The summed E-state index contributed by atoms with van der Waals surface area (Å²) >= 11 is -0.260. The van der Waals surface area contributed by atoms with Gasteiger partial charge >= 0.3 is 75.7 Å². The predicted molar refractivity (Wildman–Crippen MR) is 45.5 cm³/mol. The molecule has 5 heteroatoms. The van der Waals surface area contributed by atoms with Gasteiger partial charge in [-0.15, -0.1) is 0 Å². The number of rotatable bonds is 3. The number of hydrogen-bond donors (Lipinski definition) is 0. The van der Waals surface area contributed by atoms with Gasteiger partial charge in [-0.3, -0.25) is 0 Å². The molecular formula is C7H7NO3Se. The Bertz CT molecular complexity index is 290. The Labute approximate surface area is 76.2 Å². The van der Waals surface area contributed by atoms with Gasteiger partial charge in [-0.2, -0.15) is 0 Å². The molecular weight excluding hydrogens is 225 g/mol. The Morgan fingerprint density at radius 2 is 2.17 bits per heavy atom. The van der Waals surface area contributed by atoms with Crippen LogP contribution in [0.4, 0.5) is 5.69 Å². The molecule has 1 aromatic rings. The average molecular weight is 232 g/mol. The SMILES string of the molecule is CO[Se]c1ccccc1[N+](=O)[O-]. The van der Waals surface area contributed by atoms with Crippen LogP contribution < -0.4 is 4.46 Å². The summed E-state index contributed by atoms with van der Waals surface area (Å²) in [6.45, 7) is 0. The van der Waals surface area contributed by atoms with Crippen LogP contribution in [0.5, 0.6) is 0 Å². The number of nitro benzene ring substituents is 1. The Kier molecular flexibility index (Phi) is 3.22. The van der Waals surface area contributed by atoms with Gasteiger partial charge in [-0.1, -0.05) is 0 Å². The van der Waals surface area contributed by atoms with E-state index in [9.17, 15) is 10.1 Å². The molecule has 64 valence electrons. The molecule has 0 fully saturated rings. The van der Waals surface area contributed by atoms with Crippen molar-refractivity contribution in [2.24, 2.45) is 0 Å². The first-order chi connectivity index (χ1) is 5.75. The molecule has 0 unspecified atom stereocenters. The number of nitrogens with zero attached hydrogens (tertiary/aromatic N) is 1. The first kappa shape index (κ1) is 9.19. The van der Waals surface area contributed by atoms with Gasteiger partial charge in [-0.25, -0.2) is 0 Å². The summed E-state index contributed by atoms with van der Waals surface area (Å²) in [5.74, 6) is 0. The van der Waals surface area contributed by atoms with Crippen molar-refractivity contribution in [3.8, 4) is 0 Å². The van der Waals surface area contributed by atoms with Crippen molar-refractivity contribution in [2.75, 3.05) is 7.11 Å². The van der Waals surface area contributed by atoms with E-state index in [1.807, 2.05) is 0 Å². The molecule has 4 nitrogen and oxygen atoms in total. The second-order valence-electron chi connectivity index (χ2n) is 1.97. The molecule has 0 aliphatic heterocycles. The summed E-state index contributed by atoms with van der Waals surface area (Å²) in [6, 6.07) is 6.61. The van der Waals surface area contributed by atoms with E-state index in [4.69, 9.17) is 3.82 Å². The number of para-hydroxylation sites is 1. The van der Waals surface area contributed by atoms with Crippen LogP contribution in [-0.4, -0.2) is 27.3 Å². The number of hydrogen-bond acceptors (Lipinski definition) is 3. The molecule has 0 spiro atoms. The van der Waals surface area contributed by atoms with E-state index >= 15 is 0 Å². The van der Waals surface area contributed by atoms with Crippen molar-refractivity contribution in [1.29, 1.82) is 0 Å². The maximum absolute atomic E-state index is 10.5. The third-order valence-corrected chi connectivity index (χ3v) is 2.69. The summed E-state index contributed by atoms with van der Waals surface area (Å²) in [5, 5.41) is 10.5. The zero-order valence-electron chi connectivity index (χ0n) is 6.39. The predicted octanol–water partition coefficient (Wildman–Crippen LogP) is 0.486. The van der Waals surface area contributed by atoms with Crippen molar-refractivity contribution in [3.05, 3.63) is 34.4 Å². The van der Waals surface area contributed by atoms with Crippen molar-refractivity contribution in [1.82, 2.24) is 0 Å². The van der Waals surface area contributed by atoms with E-state index in [1.165, 1.54) is 13.2 Å². The molecule has 0 aromatic heterocycles. The zero-order valence-corrected chi connectivity index (χ0v) is 8.10. The van der Waals surface area contributed by atoms with E-state index in [2.05, 4.69) is 0 Å². The van der Waals surface area contributed by atoms with Crippen LogP contribution in [0.15, 0.2) is 24.3 Å². The second kappa shape index (κ2) is 4.21. The van der Waals surface area contributed by atoms with Crippen LogP contribution in [0.1, 0.15) is 0 Å². The summed E-state index contributed by atoms with van der Waals surface area (Å²) in [7, 11) is 1.54. The first-order valence-corrected chi connectivity index (χ1v) is 4.75. The van der Waals surface area contributed by atoms with Crippen LogP contribution in [0.2, 0.25) is 0 Å². The van der Waals surface area contributed by atoms with Crippen molar-refractivity contribution in [2.45, 2.75) is 0 Å². The second-order valence-corrected chi connectivity index (χ2v) is 3.95. The van der Waals surface area contributed by atoms with Crippen LogP contribution in [-0.2, 0) is 3.82 Å². The quantitative estimate of drug-likeness (QED) is 0.433. The van der Waals surface area contributed by atoms with E-state index in [-0.39, 0.29) is 21.0 Å². The molecule has 0 aliphatic rings. The number of benzene rings is 1. The Morgan fingerprint density at radius 1 is 1.50 bits per heavy atom. The van der Waals surface area contributed by atoms with Crippen molar-refractivity contribution in [3.63, 3.8) is 0 Å². The van der Waals surface area contributed by atoms with Gasteiger partial charge in [0.15, 0.2) is 0 Å². The molecule has 0 aliphatic carbocycles. The molecule has 0 N–H and O–H groups in total. The minimum atomic E-state index is -0.393. The van der Waals surface area contributed by atoms with E-state index in [1.54, 1.807) is 18.2 Å². The molecule has 0 amide bonds. The molecule has 0 saturated heterocycles. The van der Waals surface area contributed by atoms with Crippen LogP contribution >= 0.6 is 0 Å². The summed E-state index contributed by atoms with van der Waals surface area (Å²) in [5.41, 5.74) is 0.138. The molecule has 0 bridgehead atoms. The third kappa shape index (κ3) is 2.04. The van der Waals surface area contributed by atoms with E-state index < -0.39 is 4.92 Å². The molecule has 1 rings (SSSR count). The van der Waals surface area contributed by atoms with Gasteiger partial charge < -0.3 is 0 Å². The minimum absolute atomic E-state index is 0.138. The molecule has 12 heavy (non-hydrogen) atoms. The Hall–Kier alpha value is -0.901. The van der Waals surface area contributed by atoms with Crippen molar-refractivity contribution < 1.29 is 8.74 Å². The summed E-state index contributed by atoms with van der Waals surface area (Å²) < 4.78 is 5.54. The molecule has 1 aromatic carbocycles. The Morgan fingerprint density at radius 3 is 2.75 bits per heavy atom.